The van der Waals surface area contributed by atoms with Gasteiger partial charge >= 0.3 is 12.0 Å². The molecule has 1 aliphatic heterocycles. The van der Waals surface area contributed by atoms with Crippen molar-refractivity contribution >= 4 is 12.0 Å². The number of carboxylic acids is 1. The third kappa shape index (κ3) is 2.44. The van der Waals surface area contributed by atoms with Gasteiger partial charge in [0.25, 0.3) is 0 Å². The molecule has 1 unspecified atom stereocenters. The zero-order valence-electron chi connectivity index (χ0n) is 9.13. The van der Waals surface area contributed by atoms with E-state index in [2.05, 4.69) is 0 Å². The highest BCUT2D eigenvalue weighted by molar-refractivity contribution is 5.81. The summed E-state index contributed by atoms with van der Waals surface area (Å²) in [6.45, 7) is 0.986. The Morgan fingerprint density at radius 1 is 1.38 bits per heavy atom. The van der Waals surface area contributed by atoms with Gasteiger partial charge in [-0.2, -0.15) is 0 Å². The van der Waals surface area contributed by atoms with Gasteiger partial charge in [0.05, 0.1) is 0 Å². The number of carboxylic acid groups (broad SMARTS) is 1. The average molecular weight is 227 g/mol. The van der Waals surface area contributed by atoms with Crippen LogP contribution in [0.5, 0.6) is 0 Å². The number of amides is 2. The predicted molar refractivity (Wildman–Crippen MR) is 56.9 cm³/mol. The van der Waals surface area contributed by atoms with Crippen LogP contribution in [0.25, 0.3) is 0 Å². The van der Waals surface area contributed by atoms with Crippen molar-refractivity contribution in [2.24, 2.45) is 5.73 Å². The first-order chi connectivity index (χ1) is 7.58. The summed E-state index contributed by atoms with van der Waals surface area (Å²) in [6, 6.07) is -0.00638. The van der Waals surface area contributed by atoms with Crippen LogP contribution in [0.15, 0.2) is 0 Å². The Hall–Kier alpha value is -1.30. The van der Waals surface area contributed by atoms with Crippen LogP contribution in [0.3, 0.4) is 0 Å². The molecule has 3 N–H and O–H groups in total. The first kappa shape index (κ1) is 11.2. The van der Waals surface area contributed by atoms with Gasteiger partial charge in [-0.05, 0) is 19.3 Å². The summed E-state index contributed by atoms with van der Waals surface area (Å²) in [5.74, 6) is -0.955. The van der Waals surface area contributed by atoms with Crippen LogP contribution in [0.2, 0.25) is 0 Å². The first-order valence-electron chi connectivity index (χ1n) is 5.61. The molecular weight excluding hydrogens is 210 g/mol. The molecule has 0 bridgehead atoms. The topological polar surface area (TPSA) is 86.9 Å². The van der Waals surface area contributed by atoms with Crippen molar-refractivity contribution in [3.8, 4) is 0 Å². The van der Waals surface area contributed by atoms with E-state index in [0.717, 1.165) is 19.3 Å². The van der Waals surface area contributed by atoms with Crippen LogP contribution in [-0.2, 0) is 4.79 Å². The Bertz CT molecular complexity index is 304. The molecule has 0 aromatic carbocycles. The van der Waals surface area contributed by atoms with E-state index in [4.69, 9.17) is 10.8 Å². The molecule has 1 atom stereocenters. The maximum atomic E-state index is 12.0. The van der Waals surface area contributed by atoms with Crippen LogP contribution in [0, 0.1) is 0 Å². The SMILES string of the molecule is NC1CCN(C(=O)N(CC(=O)O)C2CC2)C1. The third-order valence-electron chi connectivity index (χ3n) is 3.03. The van der Waals surface area contributed by atoms with Gasteiger partial charge in [-0.15, -0.1) is 0 Å². The molecule has 2 amide bonds. The minimum Gasteiger partial charge on any atom is -0.480 e. The normalized spacial score (nSPS) is 24.6. The Morgan fingerprint density at radius 3 is 2.50 bits per heavy atom. The summed E-state index contributed by atoms with van der Waals surface area (Å²) in [7, 11) is 0. The Kier molecular flexibility index (Phi) is 3.00. The standard InChI is InChI=1S/C10H17N3O3/c11-7-3-4-12(5-7)10(16)13(6-9(14)15)8-1-2-8/h7-8H,1-6,11H2,(H,14,15). The average Bonchev–Trinajstić information content (AvgIpc) is 2.96. The Morgan fingerprint density at radius 2 is 2.06 bits per heavy atom. The second-order valence-electron chi connectivity index (χ2n) is 4.53. The van der Waals surface area contributed by atoms with Crippen molar-refractivity contribution in [2.75, 3.05) is 19.6 Å². The maximum absolute atomic E-state index is 12.0. The zero-order valence-corrected chi connectivity index (χ0v) is 9.13. The van der Waals surface area contributed by atoms with E-state index < -0.39 is 5.97 Å². The minimum absolute atomic E-state index is 0.0369. The molecule has 0 aromatic heterocycles. The summed E-state index contributed by atoms with van der Waals surface area (Å²) >= 11 is 0. The number of likely N-dealkylation sites (tertiary alicyclic amines) is 1. The summed E-state index contributed by atoms with van der Waals surface area (Å²) in [5.41, 5.74) is 5.73. The van der Waals surface area contributed by atoms with E-state index in [9.17, 15) is 9.59 Å². The molecule has 2 rings (SSSR count). The number of hydrogen-bond donors (Lipinski definition) is 2. The van der Waals surface area contributed by atoms with Gasteiger partial charge in [0.1, 0.15) is 6.54 Å². The second-order valence-corrected chi connectivity index (χ2v) is 4.53. The molecule has 1 aliphatic carbocycles. The van der Waals surface area contributed by atoms with Crippen molar-refractivity contribution in [3.05, 3.63) is 0 Å². The fourth-order valence-electron chi connectivity index (χ4n) is 2.03. The summed E-state index contributed by atoms with van der Waals surface area (Å²) in [6.07, 6.45) is 2.63. The summed E-state index contributed by atoms with van der Waals surface area (Å²) in [4.78, 5) is 25.8. The molecule has 2 fully saturated rings. The number of nitrogens with two attached hydrogens (primary N) is 1. The number of carbonyl (C=O) groups excluding carboxylic acids is 1. The molecule has 2 aliphatic rings. The lowest BCUT2D eigenvalue weighted by molar-refractivity contribution is -0.137. The van der Waals surface area contributed by atoms with Crippen molar-refractivity contribution < 1.29 is 14.7 Å². The van der Waals surface area contributed by atoms with Crippen LogP contribution in [0.1, 0.15) is 19.3 Å². The molecule has 6 nitrogen and oxygen atoms in total. The number of hydrogen-bond acceptors (Lipinski definition) is 3. The quantitative estimate of drug-likeness (QED) is 0.692. The van der Waals surface area contributed by atoms with E-state index in [1.165, 1.54) is 4.90 Å². The number of carbonyl (C=O) groups is 2. The monoisotopic (exact) mass is 227 g/mol. The lowest BCUT2D eigenvalue weighted by Gasteiger charge is -2.26. The van der Waals surface area contributed by atoms with Gasteiger partial charge in [-0.25, -0.2) is 4.79 Å². The van der Waals surface area contributed by atoms with E-state index in [1.807, 2.05) is 0 Å². The highest BCUT2D eigenvalue weighted by Crippen LogP contribution is 2.28. The maximum Gasteiger partial charge on any atom is 0.323 e. The smallest absolute Gasteiger partial charge is 0.323 e. The lowest BCUT2D eigenvalue weighted by Crippen LogP contribution is -2.46. The van der Waals surface area contributed by atoms with Gasteiger partial charge in [0.2, 0.25) is 0 Å². The molecule has 16 heavy (non-hydrogen) atoms. The Labute approximate surface area is 94.0 Å². The molecule has 90 valence electrons. The van der Waals surface area contributed by atoms with Crippen molar-refractivity contribution in [3.63, 3.8) is 0 Å². The highest BCUT2D eigenvalue weighted by Gasteiger charge is 2.37. The number of nitrogens with zero attached hydrogens (tertiary/aromatic N) is 2. The molecule has 1 heterocycles. The van der Waals surface area contributed by atoms with Crippen molar-refractivity contribution in [1.82, 2.24) is 9.80 Å². The number of aliphatic carboxylic acids is 1. The molecule has 1 saturated carbocycles. The van der Waals surface area contributed by atoms with Gasteiger partial charge in [-0.3, -0.25) is 4.79 Å². The van der Waals surface area contributed by atoms with E-state index >= 15 is 0 Å². The zero-order chi connectivity index (χ0) is 11.7. The largest absolute Gasteiger partial charge is 0.480 e. The summed E-state index contributed by atoms with van der Waals surface area (Å²) in [5, 5.41) is 8.77. The Balaban J connectivity index is 1.96. The number of urea groups is 1. The van der Waals surface area contributed by atoms with E-state index in [1.54, 1.807) is 4.90 Å². The molecule has 1 saturated heterocycles. The summed E-state index contributed by atoms with van der Waals surface area (Å²) < 4.78 is 0. The molecule has 0 aromatic rings. The lowest BCUT2D eigenvalue weighted by atomic mass is 10.3. The van der Waals surface area contributed by atoms with Gasteiger partial charge in [0, 0.05) is 25.2 Å². The van der Waals surface area contributed by atoms with Gasteiger partial charge < -0.3 is 20.6 Å². The predicted octanol–water partition coefficient (Wildman–Crippen LogP) is -0.312. The third-order valence-corrected chi connectivity index (χ3v) is 3.03. The highest BCUT2D eigenvalue weighted by atomic mass is 16.4. The van der Waals surface area contributed by atoms with E-state index in [0.29, 0.717) is 13.1 Å². The van der Waals surface area contributed by atoms with Crippen LogP contribution >= 0.6 is 0 Å². The fourth-order valence-corrected chi connectivity index (χ4v) is 2.03. The number of rotatable bonds is 3. The van der Waals surface area contributed by atoms with Crippen molar-refractivity contribution in [2.45, 2.75) is 31.3 Å². The van der Waals surface area contributed by atoms with Crippen LogP contribution in [-0.4, -0.2) is 58.6 Å². The van der Waals surface area contributed by atoms with Crippen LogP contribution in [0.4, 0.5) is 4.79 Å². The molecular formula is C10H17N3O3. The minimum atomic E-state index is -0.955. The molecule has 0 spiro atoms. The van der Waals surface area contributed by atoms with Crippen molar-refractivity contribution in [1.29, 1.82) is 0 Å². The first-order valence-corrected chi connectivity index (χ1v) is 5.61. The molecule has 0 radical (unpaired) electrons. The van der Waals surface area contributed by atoms with Crippen LogP contribution < -0.4 is 5.73 Å². The van der Waals surface area contributed by atoms with E-state index in [-0.39, 0.29) is 24.7 Å². The van der Waals surface area contributed by atoms with Gasteiger partial charge in [0.15, 0.2) is 0 Å². The second kappa shape index (κ2) is 4.29. The molecule has 6 heteroatoms. The fraction of sp³-hybridized carbons (Fsp3) is 0.800. The van der Waals surface area contributed by atoms with Gasteiger partial charge in [-0.1, -0.05) is 0 Å².